The summed E-state index contributed by atoms with van der Waals surface area (Å²) in [5.74, 6) is -0.262. The van der Waals surface area contributed by atoms with E-state index in [1.165, 1.54) is 0 Å². The molecule has 1 fully saturated rings. The summed E-state index contributed by atoms with van der Waals surface area (Å²) in [5, 5.41) is 3.51. The van der Waals surface area contributed by atoms with Gasteiger partial charge in [-0.05, 0) is 26.0 Å². The van der Waals surface area contributed by atoms with Gasteiger partial charge in [-0.15, -0.1) is 0 Å². The van der Waals surface area contributed by atoms with Crippen molar-refractivity contribution in [3.63, 3.8) is 0 Å². The van der Waals surface area contributed by atoms with Crippen molar-refractivity contribution in [2.75, 3.05) is 19.6 Å². The fourth-order valence-electron chi connectivity index (χ4n) is 3.09. The zero-order valence-electron chi connectivity index (χ0n) is 12.0. The number of piperazine rings is 1. The average molecular weight is 275 g/mol. The molecule has 1 saturated heterocycles. The fourth-order valence-corrected chi connectivity index (χ4v) is 3.09. The molecule has 0 amide bonds. The average Bonchev–Trinajstić information content (AvgIpc) is 2.71. The van der Waals surface area contributed by atoms with E-state index in [-0.39, 0.29) is 5.76 Å². The topological polar surface area (TPSA) is 50.4 Å². The number of fused-ring (bicyclic) bond motifs is 1. The summed E-state index contributed by atoms with van der Waals surface area (Å²) in [7, 11) is 0. The molecule has 2 aromatic rings. The molecule has 2 heterocycles. The van der Waals surface area contributed by atoms with Crippen LogP contribution in [0.1, 0.15) is 13.8 Å². The molecular formula is C15H21N3O2. The standard InChI is InChI=1S/C15H21N3O2/c1-11-9-17(10-12(2)16-11)7-8-18-13-5-3-4-6-14(13)20-15(18)19/h3-6,11-12,16H,7-10H2,1-2H3. The molecule has 3 rings (SSSR count). The van der Waals surface area contributed by atoms with Gasteiger partial charge in [-0.25, -0.2) is 4.79 Å². The molecule has 1 aromatic heterocycles. The Morgan fingerprint density at radius 3 is 2.65 bits per heavy atom. The highest BCUT2D eigenvalue weighted by Crippen LogP contribution is 2.12. The Hall–Kier alpha value is -1.59. The van der Waals surface area contributed by atoms with Gasteiger partial charge in [-0.3, -0.25) is 9.47 Å². The molecule has 5 heteroatoms. The minimum Gasteiger partial charge on any atom is -0.408 e. The molecule has 5 nitrogen and oxygen atoms in total. The van der Waals surface area contributed by atoms with Crippen molar-refractivity contribution >= 4 is 11.1 Å². The van der Waals surface area contributed by atoms with Crippen LogP contribution in [0.4, 0.5) is 0 Å². The Morgan fingerprint density at radius 2 is 1.90 bits per heavy atom. The lowest BCUT2D eigenvalue weighted by Gasteiger charge is -2.36. The van der Waals surface area contributed by atoms with E-state index >= 15 is 0 Å². The lowest BCUT2D eigenvalue weighted by molar-refractivity contribution is 0.168. The second-order valence-electron chi connectivity index (χ2n) is 5.72. The minimum absolute atomic E-state index is 0.262. The van der Waals surface area contributed by atoms with Crippen LogP contribution in [0.5, 0.6) is 0 Å². The van der Waals surface area contributed by atoms with Crippen molar-refractivity contribution in [3.8, 4) is 0 Å². The van der Waals surface area contributed by atoms with Crippen LogP contribution in [0.3, 0.4) is 0 Å². The summed E-state index contributed by atoms with van der Waals surface area (Å²) in [6, 6.07) is 8.58. The number of rotatable bonds is 3. The van der Waals surface area contributed by atoms with Crippen molar-refractivity contribution in [2.45, 2.75) is 32.5 Å². The molecule has 2 atom stereocenters. The van der Waals surface area contributed by atoms with Crippen LogP contribution in [0.2, 0.25) is 0 Å². The van der Waals surface area contributed by atoms with Crippen LogP contribution in [-0.2, 0) is 6.54 Å². The lowest BCUT2D eigenvalue weighted by Crippen LogP contribution is -2.54. The van der Waals surface area contributed by atoms with E-state index in [2.05, 4.69) is 24.1 Å². The number of benzene rings is 1. The van der Waals surface area contributed by atoms with Crippen molar-refractivity contribution in [1.82, 2.24) is 14.8 Å². The van der Waals surface area contributed by atoms with Gasteiger partial charge in [0.05, 0.1) is 5.52 Å². The highest BCUT2D eigenvalue weighted by molar-refractivity contribution is 5.72. The van der Waals surface area contributed by atoms with Crippen LogP contribution >= 0.6 is 0 Å². The summed E-state index contributed by atoms with van der Waals surface area (Å²) < 4.78 is 6.99. The molecule has 1 aromatic carbocycles. The molecule has 0 radical (unpaired) electrons. The van der Waals surface area contributed by atoms with E-state index in [4.69, 9.17) is 4.42 Å². The molecule has 1 N–H and O–H groups in total. The number of nitrogens with one attached hydrogen (secondary N) is 1. The molecule has 0 bridgehead atoms. The zero-order chi connectivity index (χ0) is 14.1. The van der Waals surface area contributed by atoms with E-state index in [0.717, 1.165) is 25.2 Å². The number of para-hydroxylation sites is 2. The summed E-state index contributed by atoms with van der Waals surface area (Å²) >= 11 is 0. The van der Waals surface area contributed by atoms with Gasteiger partial charge in [-0.2, -0.15) is 0 Å². The van der Waals surface area contributed by atoms with Gasteiger partial charge < -0.3 is 9.73 Å². The summed E-state index contributed by atoms with van der Waals surface area (Å²) in [5.41, 5.74) is 1.55. The van der Waals surface area contributed by atoms with Crippen molar-refractivity contribution in [1.29, 1.82) is 0 Å². The normalized spacial score (nSPS) is 24.3. The monoisotopic (exact) mass is 275 g/mol. The van der Waals surface area contributed by atoms with Gasteiger partial charge in [0.1, 0.15) is 0 Å². The lowest BCUT2D eigenvalue weighted by atomic mass is 10.1. The highest BCUT2D eigenvalue weighted by Gasteiger charge is 2.21. The van der Waals surface area contributed by atoms with Gasteiger partial charge in [0.2, 0.25) is 0 Å². The third kappa shape index (κ3) is 2.64. The molecule has 2 unspecified atom stereocenters. The van der Waals surface area contributed by atoms with Gasteiger partial charge in [0.25, 0.3) is 0 Å². The molecule has 1 aliphatic heterocycles. The van der Waals surface area contributed by atoms with E-state index in [0.29, 0.717) is 24.2 Å². The van der Waals surface area contributed by atoms with Gasteiger partial charge in [0, 0.05) is 38.3 Å². The number of nitrogens with zero attached hydrogens (tertiary/aromatic N) is 2. The van der Waals surface area contributed by atoms with Crippen molar-refractivity contribution < 1.29 is 4.42 Å². The fraction of sp³-hybridized carbons (Fsp3) is 0.533. The van der Waals surface area contributed by atoms with Crippen LogP contribution in [-0.4, -0.2) is 41.2 Å². The first-order valence-corrected chi connectivity index (χ1v) is 7.20. The predicted molar refractivity (Wildman–Crippen MR) is 79.0 cm³/mol. The Bertz CT molecular complexity index is 636. The Kier molecular flexibility index (Phi) is 3.63. The van der Waals surface area contributed by atoms with Gasteiger partial charge >= 0.3 is 5.76 Å². The SMILES string of the molecule is CC1CN(CCn2c(=O)oc3ccccc32)CC(C)N1. The summed E-state index contributed by atoms with van der Waals surface area (Å²) in [6.45, 7) is 7.99. The van der Waals surface area contributed by atoms with Crippen molar-refractivity contribution in [2.24, 2.45) is 0 Å². The second-order valence-corrected chi connectivity index (χ2v) is 5.72. The quantitative estimate of drug-likeness (QED) is 0.916. The molecule has 20 heavy (non-hydrogen) atoms. The van der Waals surface area contributed by atoms with Crippen LogP contribution in [0.25, 0.3) is 11.1 Å². The maximum absolute atomic E-state index is 11.9. The molecule has 108 valence electrons. The van der Waals surface area contributed by atoms with Crippen LogP contribution in [0, 0.1) is 0 Å². The summed E-state index contributed by atoms with van der Waals surface area (Å²) in [6.07, 6.45) is 0. The van der Waals surface area contributed by atoms with E-state index < -0.39 is 0 Å². The van der Waals surface area contributed by atoms with Gasteiger partial charge in [-0.1, -0.05) is 12.1 Å². The molecule has 0 spiro atoms. The van der Waals surface area contributed by atoms with Crippen molar-refractivity contribution in [3.05, 3.63) is 34.8 Å². The molecule has 0 aliphatic carbocycles. The first kappa shape index (κ1) is 13.4. The molecule has 1 aliphatic rings. The number of oxazole rings is 1. The largest absolute Gasteiger partial charge is 0.419 e. The number of hydrogen-bond donors (Lipinski definition) is 1. The van der Waals surface area contributed by atoms with Gasteiger partial charge in [0.15, 0.2) is 5.58 Å². The third-order valence-corrected chi connectivity index (χ3v) is 3.85. The maximum Gasteiger partial charge on any atom is 0.419 e. The molecular weight excluding hydrogens is 254 g/mol. The summed E-state index contributed by atoms with van der Waals surface area (Å²) in [4.78, 5) is 14.3. The smallest absolute Gasteiger partial charge is 0.408 e. The number of hydrogen-bond acceptors (Lipinski definition) is 4. The highest BCUT2D eigenvalue weighted by atomic mass is 16.4. The van der Waals surface area contributed by atoms with Crippen LogP contribution < -0.4 is 11.1 Å². The molecule has 0 saturated carbocycles. The Morgan fingerprint density at radius 1 is 1.20 bits per heavy atom. The first-order valence-electron chi connectivity index (χ1n) is 7.20. The second kappa shape index (κ2) is 5.42. The third-order valence-electron chi connectivity index (χ3n) is 3.85. The Balaban J connectivity index is 1.74. The van der Waals surface area contributed by atoms with E-state index in [1.54, 1.807) is 4.57 Å². The first-order chi connectivity index (χ1) is 9.63. The number of aromatic nitrogens is 1. The zero-order valence-corrected chi connectivity index (χ0v) is 12.0. The van der Waals surface area contributed by atoms with E-state index in [1.807, 2.05) is 24.3 Å². The minimum atomic E-state index is -0.262. The maximum atomic E-state index is 11.9. The Labute approximate surface area is 118 Å². The van der Waals surface area contributed by atoms with Crippen LogP contribution in [0.15, 0.2) is 33.5 Å². The van der Waals surface area contributed by atoms with E-state index in [9.17, 15) is 4.79 Å². The predicted octanol–water partition coefficient (Wildman–Crippen LogP) is 1.28.